The lowest BCUT2D eigenvalue weighted by Crippen LogP contribution is -2.41. The van der Waals surface area contributed by atoms with E-state index in [0.717, 1.165) is 68.3 Å². The Bertz CT molecular complexity index is 1030. The molecule has 1 N–H and O–H groups in total. The summed E-state index contributed by atoms with van der Waals surface area (Å²) >= 11 is 0. The van der Waals surface area contributed by atoms with Crippen LogP contribution in [0.4, 0.5) is 0 Å². The zero-order valence-electron chi connectivity index (χ0n) is 16.8. The molecule has 3 aromatic rings. The van der Waals surface area contributed by atoms with Crippen LogP contribution in [-0.2, 0) is 17.9 Å². The minimum atomic E-state index is 0. The maximum atomic E-state index is 12.6. The molecule has 1 aromatic heterocycles. The van der Waals surface area contributed by atoms with E-state index in [-0.39, 0.29) is 24.9 Å². The van der Waals surface area contributed by atoms with Gasteiger partial charge in [0.05, 0.1) is 6.54 Å². The van der Waals surface area contributed by atoms with Crippen LogP contribution in [0.2, 0.25) is 0 Å². The Morgan fingerprint density at radius 1 is 1.07 bits per heavy atom. The molecule has 1 amide bonds. The number of benzene rings is 2. The van der Waals surface area contributed by atoms with E-state index in [1.807, 2.05) is 41.3 Å². The summed E-state index contributed by atoms with van der Waals surface area (Å²) in [7, 11) is 0. The summed E-state index contributed by atoms with van der Waals surface area (Å²) < 4.78 is 8.03. The Morgan fingerprint density at radius 2 is 1.87 bits per heavy atom. The van der Waals surface area contributed by atoms with Gasteiger partial charge in [0.25, 0.3) is 5.91 Å². The third-order valence-electron chi connectivity index (χ3n) is 5.95. The van der Waals surface area contributed by atoms with Crippen LogP contribution in [0.1, 0.15) is 30.4 Å². The number of piperidine rings is 1. The molecule has 3 heterocycles. The first-order valence-corrected chi connectivity index (χ1v) is 10.3. The molecule has 0 bridgehead atoms. The van der Waals surface area contributed by atoms with Crippen molar-refractivity contribution in [3.05, 3.63) is 54.1 Å². The third kappa shape index (κ3) is 4.13. The highest BCUT2D eigenvalue weighted by Gasteiger charge is 2.28. The molecule has 0 aliphatic carbocycles. The number of likely N-dealkylation sites (tertiary alicyclic amines) is 1. The van der Waals surface area contributed by atoms with Crippen LogP contribution in [0.3, 0.4) is 0 Å². The van der Waals surface area contributed by atoms with Gasteiger partial charge in [-0.05, 0) is 35.7 Å². The Labute approximate surface area is 181 Å². The lowest BCUT2D eigenvalue weighted by molar-refractivity contribution is -0.134. The molecular weight excluding hydrogens is 402 g/mol. The van der Waals surface area contributed by atoms with Crippen LogP contribution in [-0.4, -0.2) is 51.8 Å². The van der Waals surface area contributed by atoms with Crippen molar-refractivity contribution in [1.29, 1.82) is 0 Å². The van der Waals surface area contributed by atoms with Crippen LogP contribution in [0.25, 0.3) is 10.8 Å². The van der Waals surface area contributed by atoms with Gasteiger partial charge in [-0.1, -0.05) is 30.3 Å². The first-order valence-electron chi connectivity index (χ1n) is 10.3. The number of nitrogens with one attached hydrogen (secondary N) is 1. The summed E-state index contributed by atoms with van der Waals surface area (Å²) in [4.78, 5) is 14.5. The molecule has 1 saturated heterocycles. The summed E-state index contributed by atoms with van der Waals surface area (Å²) in [5.74, 6) is 3.26. The minimum Gasteiger partial charge on any atom is -0.484 e. The number of ether oxygens (including phenoxy) is 1. The summed E-state index contributed by atoms with van der Waals surface area (Å²) in [6.45, 7) is 4.24. The lowest BCUT2D eigenvalue weighted by Gasteiger charge is -2.32. The highest BCUT2D eigenvalue weighted by Crippen LogP contribution is 2.28. The Balaban J connectivity index is 0.00000218. The summed E-state index contributed by atoms with van der Waals surface area (Å²) in [5.41, 5.74) is 0. The molecule has 2 aliphatic rings. The number of aromatic nitrogens is 3. The summed E-state index contributed by atoms with van der Waals surface area (Å²) in [5, 5.41) is 14.4. The van der Waals surface area contributed by atoms with Crippen molar-refractivity contribution in [2.45, 2.75) is 31.8 Å². The molecule has 0 unspecified atom stereocenters. The molecule has 2 aliphatic heterocycles. The topological polar surface area (TPSA) is 72.3 Å². The van der Waals surface area contributed by atoms with Crippen molar-refractivity contribution >= 4 is 29.1 Å². The van der Waals surface area contributed by atoms with E-state index in [9.17, 15) is 4.79 Å². The predicted molar refractivity (Wildman–Crippen MR) is 117 cm³/mol. The number of carbonyl (C=O) groups is 1. The molecule has 158 valence electrons. The predicted octanol–water partition coefficient (Wildman–Crippen LogP) is 2.74. The molecule has 5 rings (SSSR count). The normalized spacial score (nSPS) is 16.7. The highest BCUT2D eigenvalue weighted by atomic mass is 35.5. The van der Waals surface area contributed by atoms with Crippen molar-refractivity contribution in [2.75, 3.05) is 26.2 Å². The van der Waals surface area contributed by atoms with E-state index < -0.39 is 0 Å². The average Bonchev–Trinajstić information content (AvgIpc) is 3.21. The summed E-state index contributed by atoms with van der Waals surface area (Å²) in [6.07, 6.45) is 1.85. The largest absolute Gasteiger partial charge is 0.484 e. The first-order chi connectivity index (χ1) is 14.3. The Hall–Kier alpha value is -2.64. The maximum absolute atomic E-state index is 12.6. The number of halogens is 1. The van der Waals surface area contributed by atoms with Gasteiger partial charge < -0.3 is 19.5 Å². The van der Waals surface area contributed by atoms with Crippen LogP contribution in [0, 0.1) is 0 Å². The van der Waals surface area contributed by atoms with E-state index in [0.29, 0.717) is 5.92 Å². The number of fused-ring (bicyclic) bond motifs is 2. The molecule has 30 heavy (non-hydrogen) atoms. The highest BCUT2D eigenvalue weighted by molar-refractivity contribution is 5.85. The molecule has 1 fully saturated rings. The van der Waals surface area contributed by atoms with Gasteiger partial charge in [0.15, 0.2) is 6.61 Å². The number of amides is 1. The van der Waals surface area contributed by atoms with Crippen molar-refractivity contribution < 1.29 is 9.53 Å². The van der Waals surface area contributed by atoms with E-state index >= 15 is 0 Å². The molecule has 0 atom stereocenters. The van der Waals surface area contributed by atoms with Gasteiger partial charge in [0, 0.05) is 32.1 Å². The van der Waals surface area contributed by atoms with Crippen molar-refractivity contribution in [1.82, 2.24) is 25.0 Å². The second kappa shape index (κ2) is 9.02. The fourth-order valence-electron chi connectivity index (χ4n) is 4.30. The van der Waals surface area contributed by atoms with E-state index in [2.05, 4.69) is 26.1 Å². The molecule has 0 saturated carbocycles. The van der Waals surface area contributed by atoms with Gasteiger partial charge >= 0.3 is 0 Å². The van der Waals surface area contributed by atoms with Crippen LogP contribution >= 0.6 is 12.4 Å². The number of nitrogens with zero attached hydrogens (tertiary/aromatic N) is 4. The number of rotatable bonds is 4. The average molecular weight is 428 g/mol. The molecular formula is C22H26ClN5O2. The van der Waals surface area contributed by atoms with Gasteiger partial charge in [-0.2, -0.15) is 0 Å². The zero-order valence-corrected chi connectivity index (χ0v) is 17.6. The van der Waals surface area contributed by atoms with Crippen molar-refractivity contribution in [3.8, 4) is 5.75 Å². The Kier molecular flexibility index (Phi) is 6.20. The van der Waals surface area contributed by atoms with E-state index in [1.165, 1.54) is 5.39 Å². The zero-order chi connectivity index (χ0) is 19.6. The first kappa shape index (κ1) is 20.6. The minimum absolute atomic E-state index is 0. The summed E-state index contributed by atoms with van der Waals surface area (Å²) in [6, 6.07) is 14.1. The number of hydrogen-bond donors (Lipinski definition) is 1. The molecule has 8 heteroatoms. The van der Waals surface area contributed by atoms with Crippen LogP contribution in [0.15, 0.2) is 42.5 Å². The van der Waals surface area contributed by atoms with E-state index in [1.54, 1.807) is 0 Å². The quantitative estimate of drug-likeness (QED) is 0.693. The molecule has 2 aromatic carbocycles. The van der Waals surface area contributed by atoms with Crippen LogP contribution < -0.4 is 10.1 Å². The monoisotopic (exact) mass is 427 g/mol. The molecule has 0 spiro atoms. The maximum Gasteiger partial charge on any atom is 0.260 e. The molecule has 7 nitrogen and oxygen atoms in total. The van der Waals surface area contributed by atoms with Gasteiger partial charge in [0.1, 0.15) is 17.4 Å². The SMILES string of the molecule is Cl.O=C(COc1ccc2ccccc2c1)N1CCC(c2nnc3n2CCNC3)CC1. The van der Waals surface area contributed by atoms with Crippen molar-refractivity contribution in [3.63, 3.8) is 0 Å². The number of hydrogen-bond acceptors (Lipinski definition) is 5. The van der Waals surface area contributed by atoms with E-state index in [4.69, 9.17) is 4.74 Å². The standard InChI is InChI=1S/C22H25N5O2.ClH/c28-21(15-29-19-6-5-16-3-1-2-4-18(16)13-19)26-10-7-17(8-11-26)22-25-24-20-14-23-9-12-27(20)22;/h1-6,13,17,23H,7-12,14-15H2;1H. The van der Waals surface area contributed by atoms with Crippen molar-refractivity contribution in [2.24, 2.45) is 0 Å². The Morgan fingerprint density at radius 3 is 2.70 bits per heavy atom. The lowest BCUT2D eigenvalue weighted by atomic mass is 9.95. The third-order valence-corrected chi connectivity index (χ3v) is 5.95. The van der Waals surface area contributed by atoms with Gasteiger partial charge in [0.2, 0.25) is 0 Å². The van der Waals surface area contributed by atoms with Gasteiger partial charge in [-0.25, -0.2) is 0 Å². The fourth-order valence-corrected chi connectivity index (χ4v) is 4.30. The smallest absolute Gasteiger partial charge is 0.260 e. The second-order valence-corrected chi connectivity index (χ2v) is 7.76. The van der Waals surface area contributed by atoms with Gasteiger partial charge in [-0.3, -0.25) is 4.79 Å². The fraction of sp³-hybridized carbons (Fsp3) is 0.409. The van der Waals surface area contributed by atoms with Crippen LogP contribution in [0.5, 0.6) is 5.75 Å². The number of carbonyl (C=O) groups excluding carboxylic acids is 1. The second-order valence-electron chi connectivity index (χ2n) is 7.76. The van der Waals surface area contributed by atoms with Gasteiger partial charge in [-0.15, -0.1) is 22.6 Å². The molecule has 0 radical (unpaired) electrons.